The van der Waals surface area contributed by atoms with E-state index in [2.05, 4.69) is 32.5 Å². The number of carbonyl (C=O) groups is 1. The summed E-state index contributed by atoms with van der Waals surface area (Å²) in [7, 11) is 0. The minimum absolute atomic E-state index is 0.172. The van der Waals surface area contributed by atoms with Crippen LogP contribution in [0.1, 0.15) is 23.3 Å². The Morgan fingerprint density at radius 3 is 2.96 bits per heavy atom. The van der Waals surface area contributed by atoms with E-state index in [0.717, 1.165) is 19.4 Å². The molecule has 1 aliphatic heterocycles. The largest absolute Gasteiger partial charge is 0.463 e. The van der Waals surface area contributed by atoms with Gasteiger partial charge in [0.05, 0.1) is 6.26 Å². The number of hydrogen-bond donors (Lipinski definition) is 2. The number of para-hydroxylation sites is 1. The number of carbonyl (C=O) groups excluding carboxylic acids is 1. The predicted octanol–water partition coefficient (Wildman–Crippen LogP) is 3.07. The summed E-state index contributed by atoms with van der Waals surface area (Å²) in [6.07, 6.45) is 3.81. The van der Waals surface area contributed by atoms with Gasteiger partial charge in [0.1, 0.15) is 5.69 Å². The van der Waals surface area contributed by atoms with E-state index < -0.39 is 0 Å². The Bertz CT molecular complexity index is 826. The van der Waals surface area contributed by atoms with Crippen molar-refractivity contribution in [1.82, 2.24) is 15.5 Å². The van der Waals surface area contributed by atoms with Crippen LogP contribution in [0, 0.1) is 0 Å². The van der Waals surface area contributed by atoms with Gasteiger partial charge in [-0.05, 0) is 37.1 Å². The molecular weight excluding hydrogens is 316 g/mol. The van der Waals surface area contributed by atoms with Gasteiger partial charge in [-0.3, -0.25) is 9.89 Å². The summed E-state index contributed by atoms with van der Waals surface area (Å²) in [5, 5.41) is 9.93. The number of hydrogen-bond acceptors (Lipinski definition) is 4. The van der Waals surface area contributed by atoms with Gasteiger partial charge in [0.25, 0.3) is 5.91 Å². The highest BCUT2D eigenvalue weighted by molar-refractivity contribution is 5.93. The second kappa shape index (κ2) is 6.84. The molecule has 6 heteroatoms. The third-order valence-electron chi connectivity index (χ3n) is 4.56. The van der Waals surface area contributed by atoms with Crippen molar-refractivity contribution in [1.29, 1.82) is 0 Å². The average molecular weight is 336 g/mol. The van der Waals surface area contributed by atoms with Gasteiger partial charge in [-0.2, -0.15) is 5.10 Å². The minimum atomic E-state index is -0.172. The smallest absolute Gasteiger partial charge is 0.271 e. The molecule has 3 heterocycles. The molecule has 3 aromatic rings. The lowest BCUT2D eigenvalue weighted by Crippen LogP contribution is -2.40. The topological polar surface area (TPSA) is 74.2 Å². The summed E-state index contributed by atoms with van der Waals surface area (Å²) in [6, 6.07) is 16.0. The lowest BCUT2D eigenvalue weighted by molar-refractivity contribution is 0.0946. The first-order valence-electron chi connectivity index (χ1n) is 8.50. The second-order valence-corrected chi connectivity index (χ2v) is 6.18. The molecule has 1 saturated heterocycles. The molecule has 1 aliphatic rings. The summed E-state index contributed by atoms with van der Waals surface area (Å²) in [6.45, 7) is 1.63. The molecule has 1 fully saturated rings. The Morgan fingerprint density at radius 2 is 2.16 bits per heavy atom. The van der Waals surface area contributed by atoms with Gasteiger partial charge < -0.3 is 14.6 Å². The second-order valence-electron chi connectivity index (χ2n) is 6.18. The number of aromatic amines is 1. The van der Waals surface area contributed by atoms with E-state index >= 15 is 0 Å². The van der Waals surface area contributed by atoms with Gasteiger partial charge in [-0.25, -0.2) is 0 Å². The standard InChI is InChI=1S/C19H20N4O2/c24-19(17-12-16(21-22-17)18-9-5-11-25-18)20-13-15-8-4-10-23(15)14-6-2-1-3-7-14/h1-3,5-7,9,11-12,15H,4,8,10,13H2,(H,20,24)(H,21,22)/t15-/m0/s1. The molecule has 0 unspecified atom stereocenters. The monoisotopic (exact) mass is 336 g/mol. The zero-order valence-corrected chi connectivity index (χ0v) is 13.8. The molecule has 1 amide bonds. The van der Waals surface area contributed by atoms with Crippen molar-refractivity contribution in [3.8, 4) is 11.5 Å². The SMILES string of the molecule is O=C(NC[C@@H]1CCCN1c1ccccc1)c1cc(-c2ccco2)[nH]n1. The van der Waals surface area contributed by atoms with Gasteiger partial charge in [0, 0.05) is 30.9 Å². The Labute approximate surface area is 145 Å². The van der Waals surface area contributed by atoms with E-state index in [9.17, 15) is 4.79 Å². The van der Waals surface area contributed by atoms with Crippen molar-refractivity contribution in [3.05, 3.63) is 60.5 Å². The zero-order valence-electron chi connectivity index (χ0n) is 13.8. The number of nitrogens with one attached hydrogen (secondary N) is 2. The molecule has 128 valence electrons. The van der Waals surface area contributed by atoms with Crippen LogP contribution >= 0.6 is 0 Å². The van der Waals surface area contributed by atoms with E-state index in [0.29, 0.717) is 29.7 Å². The number of nitrogens with zero attached hydrogens (tertiary/aromatic N) is 2. The molecule has 1 atom stereocenters. The molecule has 2 aromatic heterocycles. The molecule has 2 N–H and O–H groups in total. The number of aromatic nitrogens is 2. The minimum Gasteiger partial charge on any atom is -0.463 e. The third kappa shape index (κ3) is 3.28. The molecular formula is C19H20N4O2. The number of H-pyrrole nitrogens is 1. The quantitative estimate of drug-likeness (QED) is 0.751. The van der Waals surface area contributed by atoms with Crippen LogP contribution in [0.5, 0.6) is 0 Å². The van der Waals surface area contributed by atoms with Crippen LogP contribution in [-0.4, -0.2) is 35.2 Å². The van der Waals surface area contributed by atoms with E-state index in [1.54, 1.807) is 18.4 Å². The van der Waals surface area contributed by atoms with Gasteiger partial charge in [-0.1, -0.05) is 18.2 Å². The van der Waals surface area contributed by atoms with Crippen LogP contribution in [0.25, 0.3) is 11.5 Å². The van der Waals surface area contributed by atoms with Crippen molar-refractivity contribution >= 4 is 11.6 Å². The third-order valence-corrected chi connectivity index (χ3v) is 4.56. The van der Waals surface area contributed by atoms with E-state index in [-0.39, 0.29) is 5.91 Å². The van der Waals surface area contributed by atoms with Crippen molar-refractivity contribution in [2.75, 3.05) is 18.0 Å². The normalized spacial score (nSPS) is 17.0. The lowest BCUT2D eigenvalue weighted by atomic mass is 10.2. The number of benzene rings is 1. The maximum atomic E-state index is 12.4. The fraction of sp³-hybridized carbons (Fsp3) is 0.263. The van der Waals surface area contributed by atoms with E-state index in [1.807, 2.05) is 24.3 Å². The summed E-state index contributed by atoms with van der Waals surface area (Å²) >= 11 is 0. The summed E-state index contributed by atoms with van der Waals surface area (Å²) in [5.74, 6) is 0.492. The number of furan rings is 1. The Kier molecular flexibility index (Phi) is 4.24. The molecule has 6 nitrogen and oxygen atoms in total. The van der Waals surface area contributed by atoms with Crippen LogP contribution in [-0.2, 0) is 0 Å². The highest BCUT2D eigenvalue weighted by atomic mass is 16.3. The number of amides is 1. The van der Waals surface area contributed by atoms with Crippen LogP contribution in [0.2, 0.25) is 0 Å². The van der Waals surface area contributed by atoms with E-state index in [1.165, 1.54) is 5.69 Å². The number of rotatable bonds is 5. The average Bonchev–Trinajstić information content (AvgIpc) is 3.41. The fourth-order valence-corrected chi connectivity index (χ4v) is 3.30. The van der Waals surface area contributed by atoms with Gasteiger partial charge in [0.15, 0.2) is 11.5 Å². The molecule has 1 aromatic carbocycles. The molecule has 4 rings (SSSR count). The molecule has 0 bridgehead atoms. The zero-order chi connectivity index (χ0) is 17.1. The predicted molar refractivity (Wildman–Crippen MR) is 95.4 cm³/mol. The van der Waals surface area contributed by atoms with Gasteiger partial charge in [0.2, 0.25) is 0 Å². The van der Waals surface area contributed by atoms with Crippen molar-refractivity contribution in [3.63, 3.8) is 0 Å². The molecule has 0 spiro atoms. The van der Waals surface area contributed by atoms with Crippen molar-refractivity contribution in [2.45, 2.75) is 18.9 Å². The maximum absolute atomic E-state index is 12.4. The summed E-state index contributed by atoms with van der Waals surface area (Å²) in [4.78, 5) is 14.7. The van der Waals surface area contributed by atoms with Crippen molar-refractivity contribution < 1.29 is 9.21 Å². The maximum Gasteiger partial charge on any atom is 0.271 e. The first-order valence-corrected chi connectivity index (χ1v) is 8.50. The van der Waals surface area contributed by atoms with Crippen LogP contribution < -0.4 is 10.2 Å². The first-order chi connectivity index (χ1) is 12.3. The van der Waals surface area contributed by atoms with Crippen LogP contribution in [0.15, 0.2) is 59.2 Å². The van der Waals surface area contributed by atoms with Crippen LogP contribution in [0.3, 0.4) is 0 Å². The lowest BCUT2D eigenvalue weighted by Gasteiger charge is -2.26. The van der Waals surface area contributed by atoms with Gasteiger partial charge >= 0.3 is 0 Å². The Hall–Kier alpha value is -3.02. The molecule has 0 saturated carbocycles. The Morgan fingerprint density at radius 1 is 1.28 bits per heavy atom. The Balaban J connectivity index is 1.38. The molecule has 25 heavy (non-hydrogen) atoms. The highest BCUT2D eigenvalue weighted by Crippen LogP contribution is 2.25. The summed E-state index contributed by atoms with van der Waals surface area (Å²) < 4.78 is 5.31. The highest BCUT2D eigenvalue weighted by Gasteiger charge is 2.25. The van der Waals surface area contributed by atoms with Gasteiger partial charge in [-0.15, -0.1) is 0 Å². The van der Waals surface area contributed by atoms with Crippen molar-refractivity contribution in [2.24, 2.45) is 0 Å². The fourth-order valence-electron chi connectivity index (χ4n) is 3.30. The molecule has 0 aliphatic carbocycles. The van der Waals surface area contributed by atoms with Crippen LogP contribution in [0.4, 0.5) is 5.69 Å². The summed E-state index contributed by atoms with van der Waals surface area (Å²) in [5.41, 5.74) is 2.27. The molecule has 0 radical (unpaired) electrons. The van der Waals surface area contributed by atoms with E-state index in [4.69, 9.17) is 4.42 Å². The number of anilines is 1. The first kappa shape index (κ1) is 15.5.